The van der Waals surface area contributed by atoms with Crippen molar-refractivity contribution in [1.82, 2.24) is 14.5 Å². The van der Waals surface area contributed by atoms with Gasteiger partial charge in [-0.15, -0.1) is 0 Å². The Morgan fingerprint density at radius 1 is 1.50 bits per heavy atom. The Hall–Kier alpha value is -0.920. The highest BCUT2D eigenvalue weighted by Crippen LogP contribution is 2.25. The second kappa shape index (κ2) is 5.38. The molecule has 1 saturated heterocycles. The van der Waals surface area contributed by atoms with Gasteiger partial charge in [0, 0.05) is 12.6 Å². The molecule has 2 heterocycles. The summed E-state index contributed by atoms with van der Waals surface area (Å²) in [6.07, 6.45) is 4.86. The van der Waals surface area contributed by atoms with E-state index in [0.717, 1.165) is 19.3 Å². The van der Waals surface area contributed by atoms with Crippen molar-refractivity contribution in [2.45, 2.75) is 43.5 Å². The lowest BCUT2D eigenvalue weighted by Gasteiger charge is -2.27. The minimum absolute atomic E-state index is 0.129. The van der Waals surface area contributed by atoms with Gasteiger partial charge in [0.1, 0.15) is 4.90 Å². The summed E-state index contributed by atoms with van der Waals surface area (Å²) in [6.45, 7) is 2.03. The van der Waals surface area contributed by atoms with Crippen molar-refractivity contribution in [3.8, 4) is 0 Å². The molecule has 2 N–H and O–H groups in total. The number of H-pyrrole nitrogens is 1. The predicted octanol–water partition coefficient (Wildman–Crippen LogP) is 0.644. The van der Waals surface area contributed by atoms with E-state index in [4.69, 9.17) is 0 Å². The summed E-state index contributed by atoms with van der Waals surface area (Å²) in [5.41, 5.74) is 0.538. The first-order valence-corrected chi connectivity index (χ1v) is 7.64. The summed E-state index contributed by atoms with van der Waals surface area (Å²) in [6, 6.07) is -0.313. The van der Waals surface area contributed by atoms with E-state index in [0.29, 0.717) is 18.7 Å². The topological polar surface area (TPSA) is 86.3 Å². The van der Waals surface area contributed by atoms with Gasteiger partial charge in [-0.3, -0.25) is 5.10 Å². The summed E-state index contributed by atoms with van der Waals surface area (Å²) in [7, 11) is -3.55. The van der Waals surface area contributed by atoms with E-state index in [1.54, 1.807) is 6.92 Å². The molecule has 1 fully saturated rings. The Bertz CT molecular complexity index is 497. The first-order valence-electron chi connectivity index (χ1n) is 6.20. The number of aryl methyl sites for hydroxylation is 1. The minimum Gasteiger partial charge on any atom is -0.395 e. The van der Waals surface area contributed by atoms with Crippen LogP contribution in [-0.2, 0) is 10.0 Å². The fourth-order valence-corrected chi connectivity index (χ4v) is 4.18. The molecule has 18 heavy (non-hydrogen) atoms. The van der Waals surface area contributed by atoms with Crippen molar-refractivity contribution in [1.29, 1.82) is 0 Å². The highest BCUT2D eigenvalue weighted by Gasteiger charge is 2.33. The number of hydrogen-bond acceptors (Lipinski definition) is 4. The summed E-state index contributed by atoms with van der Waals surface area (Å²) in [5.74, 6) is 0. The zero-order valence-electron chi connectivity index (χ0n) is 10.5. The molecule has 6 nitrogen and oxygen atoms in total. The molecule has 1 aliphatic heterocycles. The van der Waals surface area contributed by atoms with E-state index in [-0.39, 0.29) is 17.5 Å². The third-order valence-electron chi connectivity index (χ3n) is 3.40. The van der Waals surface area contributed by atoms with Gasteiger partial charge in [0.05, 0.1) is 18.5 Å². The number of nitrogens with one attached hydrogen (secondary N) is 1. The molecule has 1 unspecified atom stereocenters. The number of sulfonamides is 1. The van der Waals surface area contributed by atoms with Gasteiger partial charge in [0.25, 0.3) is 0 Å². The molecule has 1 atom stereocenters. The number of nitrogens with zero attached hydrogens (tertiary/aromatic N) is 2. The molecule has 1 aromatic heterocycles. The van der Waals surface area contributed by atoms with Crippen molar-refractivity contribution >= 4 is 10.0 Å². The Kier molecular flexibility index (Phi) is 4.04. The molecule has 0 spiro atoms. The first kappa shape index (κ1) is 13.5. The molecule has 102 valence electrons. The smallest absolute Gasteiger partial charge is 0.246 e. The van der Waals surface area contributed by atoms with Crippen LogP contribution in [0.5, 0.6) is 0 Å². The van der Waals surface area contributed by atoms with Gasteiger partial charge in [-0.05, 0) is 19.8 Å². The van der Waals surface area contributed by atoms with Crippen LogP contribution in [0.3, 0.4) is 0 Å². The molecule has 0 saturated carbocycles. The van der Waals surface area contributed by atoms with Crippen LogP contribution in [0, 0.1) is 6.92 Å². The number of hydrogen-bond donors (Lipinski definition) is 2. The van der Waals surface area contributed by atoms with Gasteiger partial charge in [-0.1, -0.05) is 12.8 Å². The largest absolute Gasteiger partial charge is 0.395 e. The summed E-state index contributed by atoms with van der Waals surface area (Å²) >= 11 is 0. The quantitative estimate of drug-likeness (QED) is 0.846. The number of aromatic amines is 1. The maximum Gasteiger partial charge on any atom is 0.246 e. The molecule has 1 aliphatic rings. The fourth-order valence-electron chi connectivity index (χ4n) is 2.38. The standard InChI is InChI=1S/C11H19N3O3S/c1-9-11(7-12-13-9)18(16,17)14-6-4-2-3-5-10(14)8-15/h7,10,15H,2-6,8H2,1H3,(H,12,13). The molecule has 0 amide bonds. The van der Waals surface area contributed by atoms with Crippen LogP contribution in [-0.4, -0.2) is 47.2 Å². The number of aliphatic hydroxyl groups excluding tert-OH is 1. The normalized spacial score (nSPS) is 22.9. The molecule has 0 aromatic carbocycles. The van der Waals surface area contributed by atoms with Crippen LogP contribution in [0.4, 0.5) is 0 Å². The summed E-state index contributed by atoms with van der Waals surface area (Å²) < 4.78 is 26.5. The number of aliphatic hydroxyl groups is 1. The molecule has 2 rings (SSSR count). The van der Waals surface area contributed by atoms with Gasteiger partial charge in [0.15, 0.2) is 0 Å². The zero-order chi connectivity index (χ0) is 13.2. The second-order valence-electron chi connectivity index (χ2n) is 4.66. The lowest BCUT2D eigenvalue weighted by atomic mass is 10.1. The second-order valence-corrected chi connectivity index (χ2v) is 6.52. The van der Waals surface area contributed by atoms with Crippen molar-refractivity contribution in [2.24, 2.45) is 0 Å². The van der Waals surface area contributed by atoms with Crippen molar-refractivity contribution < 1.29 is 13.5 Å². The van der Waals surface area contributed by atoms with Crippen LogP contribution in [0.25, 0.3) is 0 Å². The Labute approximate surface area is 107 Å². The maximum absolute atomic E-state index is 12.5. The van der Waals surface area contributed by atoms with Gasteiger partial charge < -0.3 is 5.11 Å². The lowest BCUT2D eigenvalue weighted by Crippen LogP contribution is -2.42. The molecular formula is C11H19N3O3S. The highest BCUT2D eigenvalue weighted by molar-refractivity contribution is 7.89. The Balaban J connectivity index is 2.35. The average Bonchev–Trinajstić information content (AvgIpc) is 2.65. The minimum atomic E-state index is -3.55. The van der Waals surface area contributed by atoms with E-state index in [2.05, 4.69) is 10.2 Å². The summed E-state index contributed by atoms with van der Waals surface area (Å²) in [4.78, 5) is 0.211. The van der Waals surface area contributed by atoms with Crippen LogP contribution in [0.1, 0.15) is 31.4 Å². The number of rotatable bonds is 3. The molecule has 1 aromatic rings. The Morgan fingerprint density at radius 2 is 2.28 bits per heavy atom. The summed E-state index contributed by atoms with van der Waals surface area (Å²) in [5, 5.41) is 15.8. The zero-order valence-corrected chi connectivity index (χ0v) is 11.3. The van der Waals surface area contributed by atoms with Crippen LogP contribution >= 0.6 is 0 Å². The third kappa shape index (κ3) is 2.43. The van der Waals surface area contributed by atoms with E-state index >= 15 is 0 Å². The van der Waals surface area contributed by atoms with E-state index in [1.165, 1.54) is 10.5 Å². The van der Waals surface area contributed by atoms with Crippen LogP contribution < -0.4 is 0 Å². The molecule has 0 aliphatic carbocycles. The van der Waals surface area contributed by atoms with E-state index < -0.39 is 10.0 Å². The fraction of sp³-hybridized carbons (Fsp3) is 0.727. The molecule has 0 radical (unpaired) electrons. The van der Waals surface area contributed by atoms with Crippen LogP contribution in [0.15, 0.2) is 11.1 Å². The SMILES string of the molecule is Cc1[nH]ncc1S(=O)(=O)N1CCCCCC1CO. The molecule has 0 bridgehead atoms. The number of aromatic nitrogens is 2. The first-order chi connectivity index (χ1) is 8.57. The average molecular weight is 273 g/mol. The molecular weight excluding hydrogens is 254 g/mol. The van der Waals surface area contributed by atoms with Crippen molar-refractivity contribution in [3.05, 3.63) is 11.9 Å². The van der Waals surface area contributed by atoms with Crippen molar-refractivity contribution in [2.75, 3.05) is 13.2 Å². The van der Waals surface area contributed by atoms with Gasteiger partial charge >= 0.3 is 0 Å². The van der Waals surface area contributed by atoms with Gasteiger partial charge in [0.2, 0.25) is 10.0 Å². The third-order valence-corrected chi connectivity index (χ3v) is 5.47. The van der Waals surface area contributed by atoms with E-state index in [1.807, 2.05) is 0 Å². The van der Waals surface area contributed by atoms with Gasteiger partial charge in [-0.25, -0.2) is 8.42 Å². The van der Waals surface area contributed by atoms with E-state index in [9.17, 15) is 13.5 Å². The molecule has 7 heteroatoms. The van der Waals surface area contributed by atoms with Gasteiger partial charge in [-0.2, -0.15) is 9.40 Å². The Morgan fingerprint density at radius 3 is 2.89 bits per heavy atom. The maximum atomic E-state index is 12.5. The highest BCUT2D eigenvalue weighted by atomic mass is 32.2. The van der Waals surface area contributed by atoms with Crippen molar-refractivity contribution in [3.63, 3.8) is 0 Å². The van der Waals surface area contributed by atoms with Crippen LogP contribution in [0.2, 0.25) is 0 Å². The predicted molar refractivity (Wildman–Crippen MR) is 66.6 cm³/mol. The monoisotopic (exact) mass is 273 g/mol. The lowest BCUT2D eigenvalue weighted by molar-refractivity contribution is 0.186.